The predicted octanol–water partition coefficient (Wildman–Crippen LogP) is -0.0566. The Bertz CT molecular complexity index is 198. The van der Waals surface area contributed by atoms with Gasteiger partial charge < -0.3 is 20.4 Å². The Morgan fingerprint density at radius 1 is 1.12 bits per heavy atom. The number of quaternary nitrogens is 1. The standard InChI is InChI=1S/C10H24NO4.H2O/c1-9(2,15-11(4,5)6)10(3,13)14-8-7-12;/h12-13H,7-8H2,1-6H3;1H2/q+1;/p-1. The summed E-state index contributed by atoms with van der Waals surface area (Å²) < 4.78 is 5.42. The fourth-order valence-corrected chi connectivity index (χ4v) is 1.19. The van der Waals surface area contributed by atoms with Gasteiger partial charge in [-0.3, -0.25) is 0 Å². The second kappa shape index (κ2) is 5.90. The van der Waals surface area contributed by atoms with Crippen LogP contribution in [0, 0.1) is 0 Å². The van der Waals surface area contributed by atoms with Crippen molar-refractivity contribution in [2.75, 3.05) is 34.4 Å². The Hall–Kier alpha value is -0.240. The first-order chi connectivity index (χ1) is 6.52. The van der Waals surface area contributed by atoms with Gasteiger partial charge in [0.1, 0.15) is 0 Å². The van der Waals surface area contributed by atoms with E-state index >= 15 is 0 Å². The Labute approximate surface area is 97.2 Å². The van der Waals surface area contributed by atoms with E-state index in [2.05, 4.69) is 0 Å². The molecule has 6 heteroatoms. The number of hydroxylamine groups is 3. The highest BCUT2D eigenvalue weighted by molar-refractivity contribution is 4.82. The monoisotopic (exact) mass is 239 g/mol. The first kappa shape index (κ1) is 18.1. The summed E-state index contributed by atoms with van der Waals surface area (Å²) in [5.74, 6) is -1.44. The topological polar surface area (TPSA) is 88.9 Å². The van der Waals surface area contributed by atoms with E-state index in [1.54, 1.807) is 13.8 Å². The highest BCUT2D eigenvalue weighted by atomic mass is 16.8. The molecule has 16 heavy (non-hydrogen) atoms. The van der Waals surface area contributed by atoms with E-state index in [4.69, 9.17) is 14.7 Å². The summed E-state index contributed by atoms with van der Waals surface area (Å²) in [6.45, 7) is 4.97. The van der Waals surface area contributed by atoms with Crippen molar-refractivity contribution in [3.63, 3.8) is 0 Å². The van der Waals surface area contributed by atoms with E-state index in [0.717, 1.165) is 0 Å². The van der Waals surface area contributed by atoms with E-state index in [0.29, 0.717) is 0 Å². The van der Waals surface area contributed by atoms with E-state index < -0.39 is 11.4 Å². The summed E-state index contributed by atoms with van der Waals surface area (Å²) in [5.41, 5.74) is -0.875. The molecule has 1 unspecified atom stereocenters. The van der Waals surface area contributed by atoms with Gasteiger partial charge in [-0.2, -0.15) is 9.48 Å². The Balaban J connectivity index is 0. The molecule has 0 bridgehead atoms. The van der Waals surface area contributed by atoms with E-state index in [1.807, 2.05) is 21.1 Å². The third kappa shape index (κ3) is 5.74. The molecule has 0 heterocycles. The molecule has 0 fully saturated rings. The van der Waals surface area contributed by atoms with Crippen LogP contribution in [0.1, 0.15) is 20.8 Å². The van der Waals surface area contributed by atoms with Crippen LogP contribution in [0.15, 0.2) is 0 Å². The van der Waals surface area contributed by atoms with Crippen molar-refractivity contribution in [3.05, 3.63) is 0 Å². The predicted molar refractivity (Wildman–Crippen MR) is 58.8 cm³/mol. The number of hydrogen-bond donors (Lipinski definition) is 2. The van der Waals surface area contributed by atoms with Gasteiger partial charge in [0.05, 0.1) is 34.4 Å². The maximum Gasteiger partial charge on any atom is 0.197 e. The van der Waals surface area contributed by atoms with Crippen molar-refractivity contribution in [2.24, 2.45) is 0 Å². The van der Waals surface area contributed by atoms with Crippen molar-refractivity contribution in [3.8, 4) is 0 Å². The van der Waals surface area contributed by atoms with Crippen LogP contribution in [-0.2, 0) is 9.57 Å². The average Bonchev–Trinajstić information content (AvgIpc) is 1.96. The molecule has 0 aliphatic heterocycles. The number of rotatable bonds is 6. The maximum absolute atomic E-state index is 10.1. The molecular formula is C10H25NO5. The quantitative estimate of drug-likeness (QED) is 0.385. The number of ether oxygens (including phenoxy) is 1. The molecule has 0 aromatic heterocycles. The maximum atomic E-state index is 10.1. The Morgan fingerprint density at radius 2 is 1.56 bits per heavy atom. The molecule has 0 saturated carbocycles. The van der Waals surface area contributed by atoms with Crippen molar-refractivity contribution >= 4 is 0 Å². The van der Waals surface area contributed by atoms with Gasteiger partial charge in [-0.15, -0.1) is 0 Å². The molecule has 0 aromatic carbocycles. The van der Waals surface area contributed by atoms with Gasteiger partial charge in [-0.05, 0) is 20.8 Å². The normalized spacial score (nSPS) is 16.5. The summed E-state index contributed by atoms with van der Waals surface area (Å²) in [5, 5.41) is 18.7. The summed E-state index contributed by atoms with van der Waals surface area (Å²) >= 11 is 0. The molecule has 0 amide bonds. The Morgan fingerprint density at radius 3 is 1.88 bits per heavy atom. The average molecular weight is 239 g/mol. The smallest absolute Gasteiger partial charge is 0.197 e. The third-order valence-corrected chi connectivity index (χ3v) is 2.09. The van der Waals surface area contributed by atoms with Crippen LogP contribution in [0.4, 0.5) is 0 Å². The number of nitrogens with zero attached hydrogens (tertiary/aromatic N) is 1. The molecule has 6 nitrogen and oxygen atoms in total. The summed E-state index contributed by atoms with van der Waals surface area (Å²) in [7, 11) is 5.55. The fraction of sp³-hybridized carbons (Fsp3) is 1.00. The van der Waals surface area contributed by atoms with Gasteiger partial charge in [0.2, 0.25) is 0 Å². The molecule has 0 saturated heterocycles. The zero-order chi connectivity index (χ0) is 12.3. The zero-order valence-electron chi connectivity index (χ0n) is 11.0. The van der Waals surface area contributed by atoms with Crippen molar-refractivity contribution in [1.29, 1.82) is 0 Å². The molecule has 0 spiro atoms. The SMILES string of the molecule is CC(C)(O[N+](C)(C)C)C(C)(O)OCCO.[OH-]. The van der Waals surface area contributed by atoms with E-state index in [-0.39, 0.29) is 23.3 Å². The minimum atomic E-state index is -1.44. The number of hydrogen-bond acceptors (Lipinski definition) is 5. The molecule has 0 aromatic rings. The minimum Gasteiger partial charge on any atom is -0.870 e. The number of aliphatic hydroxyl groups excluding tert-OH is 1. The molecular weight excluding hydrogens is 214 g/mol. The van der Waals surface area contributed by atoms with Gasteiger partial charge >= 0.3 is 0 Å². The lowest BCUT2D eigenvalue weighted by Crippen LogP contribution is -2.57. The van der Waals surface area contributed by atoms with Crippen molar-refractivity contribution in [2.45, 2.75) is 32.2 Å². The van der Waals surface area contributed by atoms with Crippen LogP contribution >= 0.6 is 0 Å². The van der Waals surface area contributed by atoms with Gasteiger partial charge in [0.15, 0.2) is 11.4 Å². The molecule has 0 aliphatic rings. The lowest BCUT2D eigenvalue weighted by Gasteiger charge is -2.41. The van der Waals surface area contributed by atoms with Gasteiger partial charge in [-0.1, -0.05) is 0 Å². The molecule has 0 aliphatic carbocycles. The summed E-state index contributed by atoms with van der Waals surface area (Å²) in [6.07, 6.45) is 0. The zero-order valence-corrected chi connectivity index (χ0v) is 11.0. The van der Waals surface area contributed by atoms with Crippen LogP contribution in [-0.4, -0.2) is 66.1 Å². The molecule has 0 rings (SSSR count). The lowest BCUT2D eigenvalue weighted by molar-refractivity contribution is -1.07. The second-order valence-electron chi connectivity index (χ2n) is 5.05. The second-order valence-corrected chi connectivity index (χ2v) is 5.05. The third-order valence-electron chi connectivity index (χ3n) is 2.09. The van der Waals surface area contributed by atoms with Crippen LogP contribution in [0.25, 0.3) is 0 Å². The van der Waals surface area contributed by atoms with Crippen molar-refractivity contribution < 1.29 is 29.9 Å². The minimum absolute atomic E-state index is 0. The van der Waals surface area contributed by atoms with Gasteiger partial charge in [0.25, 0.3) is 0 Å². The van der Waals surface area contributed by atoms with E-state index in [9.17, 15) is 5.11 Å². The lowest BCUT2D eigenvalue weighted by atomic mass is 9.99. The first-order valence-corrected chi connectivity index (χ1v) is 5.01. The molecule has 1 atom stereocenters. The van der Waals surface area contributed by atoms with Crippen LogP contribution in [0.2, 0.25) is 0 Å². The van der Waals surface area contributed by atoms with Crippen LogP contribution < -0.4 is 0 Å². The largest absolute Gasteiger partial charge is 0.870 e. The molecule has 100 valence electrons. The Kier molecular flexibility index (Phi) is 6.69. The van der Waals surface area contributed by atoms with Gasteiger partial charge in [-0.25, -0.2) is 0 Å². The highest BCUT2D eigenvalue weighted by Gasteiger charge is 2.46. The summed E-state index contributed by atoms with van der Waals surface area (Å²) in [4.78, 5) is 5.67. The van der Waals surface area contributed by atoms with Crippen LogP contribution in [0.5, 0.6) is 0 Å². The van der Waals surface area contributed by atoms with Crippen molar-refractivity contribution in [1.82, 2.24) is 0 Å². The fourth-order valence-electron chi connectivity index (χ4n) is 1.19. The van der Waals surface area contributed by atoms with E-state index in [1.165, 1.54) is 6.92 Å². The highest BCUT2D eigenvalue weighted by Crippen LogP contribution is 2.28. The van der Waals surface area contributed by atoms with Crippen LogP contribution in [0.3, 0.4) is 0 Å². The number of aliphatic hydroxyl groups is 2. The molecule has 0 radical (unpaired) electrons. The van der Waals surface area contributed by atoms with Gasteiger partial charge in [0, 0.05) is 0 Å². The molecule has 3 N–H and O–H groups in total. The first-order valence-electron chi connectivity index (χ1n) is 5.01. The summed E-state index contributed by atoms with van der Waals surface area (Å²) in [6, 6.07) is 0.